The quantitative estimate of drug-likeness (QED) is 0.220. The smallest absolute Gasteiger partial charge is 0.354 e. The van der Waals surface area contributed by atoms with E-state index in [-0.39, 0.29) is 32.9 Å². The highest BCUT2D eigenvalue weighted by molar-refractivity contribution is 7.92. The van der Waals surface area contributed by atoms with Gasteiger partial charge in [-0.1, -0.05) is 72.9 Å². The molecule has 0 spiro atoms. The molecule has 3 aromatic rings. The Bertz CT molecular complexity index is 1560. The van der Waals surface area contributed by atoms with Crippen LogP contribution in [0.1, 0.15) is 37.8 Å². The van der Waals surface area contributed by atoms with Gasteiger partial charge < -0.3 is 10.2 Å². The largest absolute Gasteiger partial charge is 0.416 e. The average molecular weight is 679 g/mol. The van der Waals surface area contributed by atoms with Gasteiger partial charge >= 0.3 is 6.18 Å². The normalized spacial score (nSPS) is 12.5. The highest BCUT2D eigenvalue weighted by atomic mass is 35.5. The average Bonchev–Trinajstić information content (AvgIpc) is 2.96. The summed E-state index contributed by atoms with van der Waals surface area (Å²) in [4.78, 5) is 28.1. The summed E-state index contributed by atoms with van der Waals surface area (Å²) in [5.41, 5.74) is -1.23. The zero-order valence-corrected chi connectivity index (χ0v) is 26.3. The molecule has 0 aromatic heterocycles. The third kappa shape index (κ3) is 8.56. The van der Waals surface area contributed by atoms with Crippen LogP contribution < -0.4 is 9.62 Å². The molecule has 0 aliphatic rings. The van der Waals surface area contributed by atoms with Crippen molar-refractivity contribution in [3.63, 3.8) is 0 Å². The SMILES string of the molecule is CCCNC(=O)[C@@H](CC)N(Cc1ccc(Cl)c(Cl)c1)C(=O)CN(c1cc(C(F)(F)F)ccc1Cl)S(=O)(=O)c1ccccc1. The number of alkyl halides is 3. The summed E-state index contributed by atoms with van der Waals surface area (Å²) in [6, 6.07) is 12.7. The molecule has 14 heteroatoms. The first-order valence-electron chi connectivity index (χ1n) is 13.2. The highest BCUT2D eigenvalue weighted by Crippen LogP contribution is 2.37. The second-order valence-electron chi connectivity index (χ2n) is 9.47. The van der Waals surface area contributed by atoms with Crippen molar-refractivity contribution in [3.8, 4) is 0 Å². The second-order valence-corrected chi connectivity index (χ2v) is 12.6. The Hall–Kier alpha value is -2.99. The number of carbonyl (C=O) groups excluding carboxylic acids is 2. The van der Waals surface area contributed by atoms with Crippen LogP contribution in [0.2, 0.25) is 15.1 Å². The number of benzene rings is 3. The van der Waals surface area contributed by atoms with Crippen LogP contribution in [-0.4, -0.2) is 44.3 Å². The Balaban J connectivity index is 2.16. The Morgan fingerprint density at radius 1 is 0.907 bits per heavy atom. The minimum atomic E-state index is -4.82. The fraction of sp³-hybridized carbons (Fsp3) is 0.310. The molecular weight excluding hydrogens is 650 g/mol. The van der Waals surface area contributed by atoms with Gasteiger partial charge in [0.2, 0.25) is 11.8 Å². The number of hydrogen-bond donors (Lipinski definition) is 1. The number of halogens is 6. The van der Waals surface area contributed by atoms with Gasteiger partial charge in [-0.3, -0.25) is 13.9 Å². The first-order chi connectivity index (χ1) is 20.2. The number of nitrogens with zero attached hydrogens (tertiary/aromatic N) is 2. The maximum Gasteiger partial charge on any atom is 0.416 e. The van der Waals surface area contributed by atoms with Gasteiger partial charge in [0, 0.05) is 13.1 Å². The number of anilines is 1. The fourth-order valence-electron chi connectivity index (χ4n) is 4.23. The Kier molecular flexibility index (Phi) is 11.8. The molecule has 0 heterocycles. The molecule has 0 saturated heterocycles. The van der Waals surface area contributed by atoms with E-state index >= 15 is 0 Å². The molecule has 1 atom stereocenters. The lowest BCUT2D eigenvalue weighted by atomic mass is 10.1. The van der Waals surface area contributed by atoms with Crippen LogP contribution in [0.25, 0.3) is 0 Å². The summed E-state index contributed by atoms with van der Waals surface area (Å²) in [5.74, 6) is -1.34. The van der Waals surface area contributed by atoms with Crippen LogP contribution in [0.15, 0.2) is 71.6 Å². The number of rotatable bonds is 12. The molecule has 2 amide bonds. The first kappa shape index (κ1) is 34.5. The molecule has 1 N–H and O–H groups in total. The van der Waals surface area contributed by atoms with Crippen molar-refractivity contribution in [3.05, 3.63) is 92.9 Å². The molecule has 0 aliphatic carbocycles. The zero-order chi connectivity index (χ0) is 31.9. The first-order valence-corrected chi connectivity index (χ1v) is 15.7. The van der Waals surface area contributed by atoms with E-state index in [1.165, 1.54) is 41.3 Å². The number of amides is 2. The molecular formula is C29H29Cl3F3N3O4S. The van der Waals surface area contributed by atoms with Crippen molar-refractivity contribution in [2.45, 2.75) is 50.3 Å². The van der Waals surface area contributed by atoms with Gasteiger partial charge in [0.1, 0.15) is 12.6 Å². The molecule has 0 radical (unpaired) electrons. The minimum Gasteiger partial charge on any atom is -0.354 e. The van der Waals surface area contributed by atoms with E-state index in [1.54, 1.807) is 19.1 Å². The summed E-state index contributed by atoms with van der Waals surface area (Å²) in [5, 5.41) is 2.86. The molecule has 0 unspecified atom stereocenters. The molecule has 0 aliphatic heterocycles. The third-order valence-corrected chi connectivity index (χ3v) is 9.26. The summed E-state index contributed by atoms with van der Waals surface area (Å²) in [6.07, 6.45) is -4.05. The lowest BCUT2D eigenvalue weighted by molar-refractivity contribution is -0.140. The molecule has 43 heavy (non-hydrogen) atoms. The minimum absolute atomic E-state index is 0.151. The maximum absolute atomic E-state index is 14.0. The van der Waals surface area contributed by atoms with E-state index in [9.17, 15) is 31.2 Å². The number of carbonyl (C=O) groups is 2. The summed E-state index contributed by atoms with van der Waals surface area (Å²) >= 11 is 18.5. The van der Waals surface area contributed by atoms with E-state index < -0.39 is 51.9 Å². The van der Waals surface area contributed by atoms with Crippen LogP contribution in [0.4, 0.5) is 18.9 Å². The number of hydrogen-bond acceptors (Lipinski definition) is 4. The van der Waals surface area contributed by atoms with Gasteiger partial charge in [-0.2, -0.15) is 13.2 Å². The van der Waals surface area contributed by atoms with E-state index in [1.807, 2.05) is 6.92 Å². The standard InChI is InChI=1S/C29H29Cl3F3N3O4S/c1-3-14-36-28(40)25(4-2)37(17-19-10-12-22(30)24(32)15-19)27(39)18-38(43(41,42)21-8-6-5-7-9-21)26-16-20(29(33,34)35)11-13-23(26)31/h5-13,15-16,25H,3-4,14,17-18H2,1-2H3,(H,36,40)/t25-/m1/s1. The van der Waals surface area contributed by atoms with Crippen LogP contribution in [-0.2, 0) is 32.3 Å². The van der Waals surface area contributed by atoms with Crippen LogP contribution in [0.5, 0.6) is 0 Å². The van der Waals surface area contributed by atoms with Crippen molar-refractivity contribution in [1.82, 2.24) is 10.2 Å². The molecule has 0 bridgehead atoms. The van der Waals surface area contributed by atoms with Crippen LogP contribution >= 0.6 is 34.8 Å². The Labute approximate surface area is 263 Å². The summed E-state index contributed by atoms with van der Waals surface area (Å²) < 4.78 is 69.3. The Morgan fingerprint density at radius 2 is 1.56 bits per heavy atom. The van der Waals surface area contributed by atoms with Crippen molar-refractivity contribution < 1.29 is 31.2 Å². The zero-order valence-electron chi connectivity index (χ0n) is 23.2. The van der Waals surface area contributed by atoms with E-state index in [0.717, 1.165) is 6.07 Å². The van der Waals surface area contributed by atoms with Gasteiger partial charge in [0.25, 0.3) is 10.0 Å². The van der Waals surface area contributed by atoms with Crippen molar-refractivity contribution >= 4 is 62.3 Å². The lowest BCUT2D eigenvalue weighted by Crippen LogP contribution is -2.52. The lowest BCUT2D eigenvalue weighted by Gasteiger charge is -2.33. The van der Waals surface area contributed by atoms with Crippen molar-refractivity contribution in [2.75, 3.05) is 17.4 Å². The Morgan fingerprint density at radius 3 is 2.14 bits per heavy atom. The summed E-state index contributed by atoms with van der Waals surface area (Å²) in [6.45, 7) is 2.72. The van der Waals surface area contributed by atoms with Crippen molar-refractivity contribution in [2.24, 2.45) is 0 Å². The van der Waals surface area contributed by atoms with Gasteiger partial charge in [0.05, 0.1) is 31.2 Å². The molecule has 7 nitrogen and oxygen atoms in total. The highest BCUT2D eigenvalue weighted by Gasteiger charge is 2.37. The molecule has 3 aromatic carbocycles. The second kappa shape index (κ2) is 14.7. The number of sulfonamides is 1. The van der Waals surface area contributed by atoms with E-state index in [0.29, 0.717) is 35.0 Å². The molecule has 3 rings (SSSR count). The van der Waals surface area contributed by atoms with Gasteiger partial charge in [-0.25, -0.2) is 8.42 Å². The monoisotopic (exact) mass is 677 g/mol. The molecule has 0 fully saturated rings. The molecule has 232 valence electrons. The predicted octanol–water partition coefficient (Wildman–Crippen LogP) is 7.19. The van der Waals surface area contributed by atoms with Gasteiger partial charge in [-0.15, -0.1) is 0 Å². The van der Waals surface area contributed by atoms with Crippen molar-refractivity contribution in [1.29, 1.82) is 0 Å². The van der Waals surface area contributed by atoms with Gasteiger partial charge in [0.15, 0.2) is 0 Å². The summed E-state index contributed by atoms with van der Waals surface area (Å²) in [7, 11) is -4.62. The predicted molar refractivity (Wildman–Crippen MR) is 162 cm³/mol. The van der Waals surface area contributed by atoms with Crippen LogP contribution in [0, 0.1) is 0 Å². The molecule has 0 saturated carbocycles. The van der Waals surface area contributed by atoms with Gasteiger partial charge in [-0.05, 0) is 60.9 Å². The third-order valence-electron chi connectivity index (χ3n) is 6.42. The van der Waals surface area contributed by atoms with Crippen LogP contribution in [0.3, 0.4) is 0 Å². The number of nitrogens with one attached hydrogen (secondary N) is 1. The van der Waals surface area contributed by atoms with E-state index in [2.05, 4.69) is 5.32 Å². The maximum atomic E-state index is 14.0. The fourth-order valence-corrected chi connectivity index (χ4v) is 6.27. The topological polar surface area (TPSA) is 86.8 Å². The van der Waals surface area contributed by atoms with E-state index in [4.69, 9.17) is 34.8 Å².